The molecule has 0 radical (unpaired) electrons. The Kier molecular flexibility index (Phi) is 6.23. The molecule has 31 heavy (non-hydrogen) atoms. The number of hydrogen-bond donors (Lipinski definition) is 1. The third kappa shape index (κ3) is 4.27. The highest BCUT2D eigenvalue weighted by Gasteiger charge is 2.27. The van der Waals surface area contributed by atoms with Gasteiger partial charge in [0.2, 0.25) is 0 Å². The predicted octanol–water partition coefficient (Wildman–Crippen LogP) is 3.31. The Bertz CT molecular complexity index is 1100. The van der Waals surface area contributed by atoms with Gasteiger partial charge in [-0.1, -0.05) is 12.1 Å². The summed E-state index contributed by atoms with van der Waals surface area (Å²) < 4.78 is 12.5. The van der Waals surface area contributed by atoms with Crippen molar-refractivity contribution in [3.05, 3.63) is 82.2 Å². The van der Waals surface area contributed by atoms with Crippen LogP contribution in [0, 0.1) is 6.92 Å². The lowest BCUT2D eigenvalue weighted by Gasteiger charge is -2.26. The van der Waals surface area contributed by atoms with Crippen molar-refractivity contribution in [1.29, 1.82) is 0 Å². The molecule has 1 atom stereocenters. The lowest BCUT2D eigenvalue weighted by atomic mass is 10.1. The molecule has 1 aromatic carbocycles. The summed E-state index contributed by atoms with van der Waals surface area (Å²) in [6.07, 6.45) is 5.58. The predicted molar refractivity (Wildman–Crippen MR) is 118 cm³/mol. The van der Waals surface area contributed by atoms with E-state index >= 15 is 0 Å². The van der Waals surface area contributed by atoms with Crippen LogP contribution in [0.25, 0.3) is 5.69 Å². The van der Waals surface area contributed by atoms with Crippen LogP contribution in [0.15, 0.2) is 64.1 Å². The zero-order chi connectivity index (χ0) is 21.8. The number of ether oxygens (including phenoxy) is 1. The third-order valence-corrected chi connectivity index (χ3v) is 5.78. The van der Waals surface area contributed by atoms with Crippen LogP contribution in [-0.4, -0.2) is 42.1 Å². The van der Waals surface area contributed by atoms with Gasteiger partial charge in [-0.3, -0.25) is 19.1 Å². The zero-order valence-electron chi connectivity index (χ0n) is 17.8. The topological polar surface area (TPSA) is 76.7 Å². The Morgan fingerprint density at radius 2 is 1.94 bits per heavy atom. The summed E-state index contributed by atoms with van der Waals surface area (Å²) in [5.41, 5.74) is 0.977. The Labute approximate surface area is 181 Å². The number of amides is 1. The molecule has 3 heterocycles. The van der Waals surface area contributed by atoms with E-state index in [1.165, 1.54) is 4.57 Å². The molecule has 0 aliphatic carbocycles. The molecule has 7 nitrogen and oxygen atoms in total. The number of nitrogens with one attached hydrogen (secondary N) is 1. The van der Waals surface area contributed by atoms with Crippen LogP contribution in [0.1, 0.15) is 40.6 Å². The maximum Gasteiger partial charge on any atom is 0.268 e. The maximum absolute atomic E-state index is 13.2. The fourth-order valence-corrected chi connectivity index (χ4v) is 4.14. The summed E-state index contributed by atoms with van der Waals surface area (Å²) in [6.45, 7) is 4.07. The van der Waals surface area contributed by atoms with E-state index in [9.17, 15) is 9.59 Å². The summed E-state index contributed by atoms with van der Waals surface area (Å²) in [5.74, 6) is 0.993. The van der Waals surface area contributed by atoms with E-state index in [0.717, 1.165) is 31.7 Å². The van der Waals surface area contributed by atoms with E-state index in [2.05, 4.69) is 10.2 Å². The highest BCUT2D eigenvalue weighted by molar-refractivity contribution is 5.95. The SMILES string of the molecule is COc1ccccc1-n1ccc(C)c(C(=O)NCC(c2ccco2)N2CCCC2)c1=O. The van der Waals surface area contributed by atoms with Crippen LogP contribution < -0.4 is 15.6 Å². The maximum atomic E-state index is 13.2. The largest absolute Gasteiger partial charge is 0.495 e. The Hall–Kier alpha value is -3.32. The van der Waals surface area contributed by atoms with Crippen LogP contribution in [-0.2, 0) is 0 Å². The van der Waals surface area contributed by atoms with Crippen molar-refractivity contribution in [2.45, 2.75) is 25.8 Å². The molecule has 1 saturated heterocycles. The first kappa shape index (κ1) is 20.9. The van der Waals surface area contributed by atoms with Gasteiger partial charge in [0.1, 0.15) is 17.1 Å². The first-order valence-corrected chi connectivity index (χ1v) is 10.5. The average Bonchev–Trinajstić information content (AvgIpc) is 3.49. The molecule has 0 spiro atoms. The van der Waals surface area contributed by atoms with Crippen molar-refractivity contribution < 1.29 is 13.9 Å². The van der Waals surface area contributed by atoms with E-state index in [1.54, 1.807) is 44.7 Å². The molecule has 1 fully saturated rings. The molecule has 1 unspecified atom stereocenters. The monoisotopic (exact) mass is 421 g/mol. The number of aryl methyl sites for hydroxylation is 1. The Morgan fingerprint density at radius 1 is 1.16 bits per heavy atom. The summed E-state index contributed by atoms with van der Waals surface area (Å²) in [6, 6.07) is 12.7. The van der Waals surface area contributed by atoms with Crippen LogP contribution in [0.4, 0.5) is 0 Å². The second-order valence-electron chi connectivity index (χ2n) is 7.71. The van der Waals surface area contributed by atoms with Crippen molar-refractivity contribution in [3.63, 3.8) is 0 Å². The van der Waals surface area contributed by atoms with Gasteiger partial charge >= 0.3 is 0 Å². The van der Waals surface area contributed by atoms with Crippen LogP contribution >= 0.6 is 0 Å². The number of carbonyl (C=O) groups is 1. The number of rotatable bonds is 7. The van der Waals surface area contributed by atoms with Gasteiger partial charge in [-0.05, 0) is 68.8 Å². The van der Waals surface area contributed by atoms with Crippen molar-refractivity contribution in [2.24, 2.45) is 0 Å². The van der Waals surface area contributed by atoms with Gasteiger partial charge in [0.15, 0.2) is 0 Å². The number of methoxy groups -OCH3 is 1. The number of nitrogens with zero attached hydrogens (tertiary/aromatic N) is 2. The molecule has 4 rings (SSSR count). The average molecular weight is 421 g/mol. The van der Waals surface area contributed by atoms with Gasteiger partial charge in [-0.25, -0.2) is 0 Å². The molecule has 2 aromatic heterocycles. The fraction of sp³-hybridized carbons (Fsp3) is 0.333. The fourth-order valence-electron chi connectivity index (χ4n) is 4.14. The van der Waals surface area contributed by atoms with E-state index < -0.39 is 0 Å². The van der Waals surface area contributed by atoms with E-state index in [4.69, 9.17) is 9.15 Å². The molecular weight excluding hydrogens is 394 g/mol. The van der Waals surface area contributed by atoms with Crippen LogP contribution in [0.3, 0.4) is 0 Å². The molecule has 1 aliphatic heterocycles. The van der Waals surface area contributed by atoms with Gasteiger partial charge in [0, 0.05) is 12.7 Å². The molecule has 1 N–H and O–H groups in total. The minimum atomic E-state index is -0.387. The number of furan rings is 1. The molecule has 0 saturated carbocycles. The van der Waals surface area contributed by atoms with Crippen molar-refractivity contribution in [2.75, 3.05) is 26.7 Å². The second-order valence-corrected chi connectivity index (χ2v) is 7.71. The lowest BCUT2D eigenvalue weighted by molar-refractivity contribution is 0.0931. The number of carbonyl (C=O) groups excluding carboxylic acids is 1. The summed E-state index contributed by atoms with van der Waals surface area (Å²) >= 11 is 0. The van der Waals surface area contributed by atoms with Crippen LogP contribution in [0.5, 0.6) is 5.75 Å². The molecule has 3 aromatic rings. The van der Waals surface area contributed by atoms with Crippen molar-refractivity contribution in [3.8, 4) is 11.4 Å². The van der Waals surface area contributed by atoms with Gasteiger partial charge in [-0.2, -0.15) is 0 Å². The van der Waals surface area contributed by atoms with Crippen LogP contribution in [0.2, 0.25) is 0 Å². The molecular formula is C24H27N3O4. The van der Waals surface area contributed by atoms with Gasteiger partial charge in [0.05, 0.1) is 25.1 Å². The molecule has 1 amide bonds. The first-order chi connectivity index (χ1) is 15.1. The molecule has 1 aliphatic rings. The van der Waals surface area contributed by atoms with Gasteiger partial charge in [-0.15, -0.1) is 0 Å². The number of para-hydroxylation sites is 2. The number of aromatic nitrogens is 1. The minimum absolute atomic E-state index is 0.0538. The van der Waals surface area contributed by atoms with Crippen molar-refractivity contribution >= 4 is 5.91 Å². The van der Waals surface area contributed by atoms with E-state index in [1.807, 2.05) is 24.3 Å². The van der Waals surface area contributed by atoms with Gasteiger partial charge in [0.25, 0.3) is 11.5 Å². The molecule has 7 heteroatoms. The molecule has 0 bridgehead atoms. The lowest BCUT2D eigenvalue weighted by Crippen LogP contribution is -2.39. The first-order valence-electron chi connectivity index (χ1n) is 10.5. The standard InChI is InChI=1S/C24H27N3O4/c1-17-11-14-27(18-8-3-4-9-20(18)30-2)24(29)22(17)23(28)25-16-19(21-10-7-15-31-21)26-12-5-6-13-26/h3-4,7-11,14-15,19H,5-6,12-13,16H2,1-2H3,(H,25,28). The second kappa shape index (κ2) is 9.22. The number of pyridine rings is 1. The highest BCUT2D eigenvalue weighted by atomic mass is 16.5. The summed E-state index contributed by atoms with van der Waals surface area (Å²) in [7, 11) is 1.55. The highest BCUT2D eigenvalue weighted by Crippen LogP contribution is 2.25. The van der Waals surface area contributed by atoms with Gasteiger partial charge < -0.3 is 14.5 Å². The van der Waals surface area contributed by atoms with E-state index in [0.29, 0.717) is 23.5 Å². The van der Waals surface area contributed by atoms with E-state index in [-0.39, 0.29) is 23.1 Å². The Balaban J connectivity index is 1.60. The summed E-state index contributed by atoms with van der Waals surface area (Å²) in [4.78, 5) is 28.7. The third-order valence-electron chi connectivity index (χ3n) is 5.78. The zero-order valence-corrected chi connectivity index (χ0v) is 17.8. The summed E-state index contributed by atoms with van der Waals surface area (Å²) in [5, 5.41) is 2.97. The quantitative estimate of drug-likeness (QED) is 0.633. The smallest absolute Gasteiger partial charge is 0.268 e. The minimum Gasteiger partial charge on any atom is -0.495 e. The molecule has 162 valence electrons. The normalized spacial score (nSPS) is 15.0. The Morgan fingerprint density at radius 3 is 2.65 bits per heavy atom. The number of hydrogen-bond acceptors (Lipinski definition) is 5. The van der Waals surface area contributed by atoms with Crippen molar-refractivity contribution in [1.82, 2.24) is 14.8 Å². The number of benzene rings is 1. The number of likely N-dealkylation sites (tertiary alicyclic amines) is 1.